The fourth-order valence-electron chi connectivity index (χ4n) is 6.81. The molecular formula is C50H48GeIrN2O-2. The molecule has 0 N–H and O–H groups in total. The first-order chi connectivity index (χ1) is 27.9. The molecule has 0 fully saturated rings. The van der Waals surface area contributed by atoms with E-state index in [-0.39, 0.29) is 26.0 Å². The minimum Gasteiger partial charge on any atom is -0.476 e. The minimum atomic E-state index is -2.18. The Morgan fingerprint density at radius 3 is 2.15 bits per heavy atom. The molecule has 279 valence electrons. The molecule has 0 aliphatic heterocycles. The van der Waals surface area contributed by atoms with Gasteiger partial charge in [-0.25, -0.2) is 0 Å². The van der Waals surface area contributed by atoms with Crippen LogP contribution in [0, 0.1) is 38.8 Å². The Morgan fingerprint density at radius 1 is 0.727 bits per heavy atom. The molecule has 8 aromatic rings. The number of aromatic nitrogens is 2. The Kier molecular flexibility index (Phi) is 10.4. The van der Waals surface area contributed by atoms with Gasteiger partial charge in [-0.05, 0) is 60.0 Å². The molecule has 0 amide bonds. The molecule has 3 aromatic heterocycles. The van der Waals surface area contributed by atoms with Gasteiger partial charge in [0, 0.05) is 34.6 Å². The van der Waals surface area contributed by atoms with Crippen molar-refractivity contribution in [2.75, 3.05) is 0 Å². The largest absolute Gasteiger partial charge is 0.476 e. The quantitative estimate of drug-likeness (QED) is 0.118. The minimum absolute atomic E-state index is 0. The number of para-hydroxylation sites is 1. The molecule has 0 unspecified atom stereocenters. The van der Waals surface area contributed by atoms with Gasteiger partial charge in [-0.2, -0.15) is 0 Å². The van der Waals surface area contributed by atoms with Crippen molar-refractivity contribution in [2.45, 2.75) is 58.2 Å². The van der Waals surface area contributed by atoms with Gasteiger partial charge in [-0.15, -0.1) is 17.7 Å². The van der Waals surface area contributed by atoms with E-state index in [1.54, 1.807) is 18.3 Å². The SMILES string of the molecule is [2H]C([2H])([2H])c1c[c-]c(-c2cc[c]([Ge]([CH3])([CH3])[CH3])cn2)cc1-c1ccccc1.[2H]C([2H])(c1ccnc(-c2[c-]cc3c(c2)oc2c(-c4c(C)cccc4C)cccc23)c1)C(C)C.[Ir]. The van der Waals surface area contributed by atoms with Crippen LogP contribution >= 0.6 is 0 Å². The molecule has 0 bridgehead atoms. The van der Waals surface area contributed by atoms with Gasteiger partial charge < -0.3 is 9.40 Å². The fourth-order valence-corrected chi connectivity index (χ4v) is 8.99. The molecule has 8 rings (SSSR count). The fraction of sp³-hybridized carbons (Fsp3) is 0.200. The number of hydrogen-bond donors (Lipinski definition) is 0. The zero-order chi connectivity index (χ0) is 42.3. The summed E-state index contributed by atoms with van der Waals surface area (Å²) in [4.78, 5) is 9.11. The number of furan rings is 1. The maximum Gasteiger partial charge on any atom is 0.131 e. The van der Waals surface area contributed by atoms with Gasteiger partial charge in [0.25, 0.3) is 0 Å². The topological polar surface area (TPSA) is 38.9 Å². The average Bonchev–Trinajstić information content (AvgIpc) is 3.59. The number of aryl methyl sites for hydroxylation is 3. The summed E-state index contributed by atoms with van der Waals surface area (Å²) in [7, 11) is 0. The predicted molar refractivity (Wildman–Crippen MR) is 231 cm³/mol. The summed E-state index contributed by atoms with van der Waals surface area (Å²) in [6.07, 6.45) is 2.20. The molecular weight excluding hydrogens is 909 g/mol. The van der Waals surface area contributed by atoms with Gasteiger partial charge >= 0.3 is 146 Å². The number of hydrogen-bond acceptors (Lipinski definition) is 3. The number of fused-ring (bicyclic) bond motifs is 3. The Hall–Kier alpha value is -4.61. The van der Waals surface area contributed by atoms with Crippen LogP contribution in [0.15, 0.2) is 132 Å². The van der Waals surface area contributed by atoms with Gasteiger partial charge in [-0.3, -0.25) is 0 Å². The van der Waals surface area contributed by atoms with E-state index in [9.17, 15) is 0 Å². The number of pyridine rings is 2. The molecule has 0 spiro atoms. The molecule has 0 saturated heterocycles. The van der Waals surface area contributed by atoms with Crippen molar-refractivity contribution >= 4 is 39.6 Å². The second-order valence-electron chi connectivity index (χ2n) is 15.1. The third-order valence-electron chi connectivity index (χ3n) is 9.61. The van der Waals surface area contributed by atoms with Crippen LogP contribution in [-0.2, 0) is 26.5 Å². The molecule has 0 atom stereocenters. The van der Waals surface area contributed by atoms with E-state index in [0.717, 1.165) is 49.9 Å². The van der Waals surface area contributed by atoms with E-state index in [2.05, 4.69) is 95.7 Å². The van der Waals surface area contributed by atoms with Crippen LogP contribution in [0.1, 0.15) is 43.0 Å². The van der Waals surface area contributed by atoms with Gasteiger partial charge in [-0.1, -0.05) is 73.3 Å². The van der Waals surface area contributed by atoms with E-state index in [4.69, 9.17) is 11.3 Å². The van der Waals surface area contributed by atoms with Crippen LogP contribution in [0.25, 0.3) is 66.7 Å². The molecule has 0 saturated carbocycles. The van der Waals surface area contributed by atoms with Crippen molar-refractivity contribution in [3.8, 4) is 44.8 Å². The Balaban J connectivity index is 0.000000204. The van der Waals surface area contributed by atoms with E-state index in [0.29, 0.717) is 22.4 Å². The Bertz CT molecular complexity index is 2750. The van der Waals surface area contributed by atoms with Crippen molar-refractivity contribution in [1.82, 2.24) is 9.97 Å². The molecule has 3 heterocycles. The molecule has 5 heteroatoms. The third kappa shape index (κ3) is 8.94. The molecule has 55 heavy (non-hydrogen) atoms. The molecule has 3 nitrogen and oxygen atoms in total. The number of nitrogens with zero attached hydrogens (tertiary/aromatic N) is 2. The standard InChI is InChI=1S/C29H26NO.C21H22GeN.Ir/c1-18(2)15-21-13-14-30-26(16-21)22-11-12-23-24-9-6-10-25(29(24)31-27(23)17-22)28-19(3)7-5-8-20(28)4;1-16-10-11-18(14-20(16)17-8-6-5-7-9-17)21-13-12-19(15-23-21)22(2,3)4;/h5-10,12-14,16-18H,15H2,1-4H3;5-10,12-15H,1-4H3;/q2*-1;/i15D2;1D3;. The Labute approximate surface area is 350 Å². The summed E-state index contributed by atoms with van der Waals surface area (Å²) in [5, 5.41) is 2.07. The summed E-state index contributed by atoms with van der Waals surface area (Å²) >= 11 is -1.91. The predicted octanol–water partition coefficient (Wildman–Crippen LogP) is 13.0. The molecule has 0 aliphatic carbocycles. The number of rotatable bonds is 7. The maximum atomic E-state index is 8.44. The van der Waals surface area contributed by atoms with Crippen LogP contribution in [-0.4, -0.2) is 23.2 Å². The zero-order valence-electron chi connectivity index (χ0n) is 37.3. The second-order valence-corrected chi connectivity index (χ2v) is 25.8. The van der Waals surface area contributed by atoms with Crippen LogP contribution < -0.4 is 4.40 Å². The van der Waals surface area contributed by atoms with E-state index >= 15 is 0 Å². The van der Waals surface area contributed by atoms with Gasteiger partial charge in [0.05, 0.1) is 5.58 Å². The van der Waals surface area contributed by atoms with Crippen molar-refractivity contribution in [3.63, 3.8) is 0 Å². The summed E-state index contributed by atoms with van der Waals surface area (Å²) in [5.74, 6) is 6.86. The number of benzene rings is 5. The average molecular weight is 963 g/mol. The van der Waals surface area contributed by atoms with Crippen molar-refractivity contribution < 1.29 is 31.4 Å². The first-order valence-corrected chi connectivity index (χ1v) is 25.8. The summed E-state index contributed by atoms with van der Waals surface area (Å²) in [6, 6.07) is 43.8. The van der Waals surface area contributed by atoms with Crippen LogP contribution in [0.4, 0.5) is 0 Å². The molecule has 5 aromatic carbocycles. The third-order valence-corrected chi connectivity index (χ3v) is 13.9. The monoisotopic (exact) mass is 964 g/mol. The smallest absolute Gasteiger partial charge is 0.131 e. The van der Waals surface area contributed by atoms with Crippen molar-refractivity contribution in [3.05, 3.63) is 162 Å². The van der Waals surface area contributed by atoms with Crippen LogP contribution in [0.2, 0.25) is 17.3 Å². The summed E-state index contributed by atoms with van der Waals surface area (Å²) < 4.78 is 48.2. The van der Waals surface area contributed by atoms with Crippen LogP contribution in [0.3, 0.4) is 0 Å². The van der Waals surface area contributed by atoms with Crippen LogP contribution in [0.5, 0.6) is 0 Å². The maximum absolute atomic E-state index is 8.44. The normalized spacial score (nSPS) is 13.2. The van der Waals surface area contributed by atoms with Gasteiger partial charge in [0.2, 0.25) is 0 Å². The van der Waals surface area contributed by atoms with E-state index in [1.807, 2.05) is 80.7 Å². The molecule has 1 radical (unpaired) electrons. The first-order valence-electron chi connectivity index (χ1n) is 20.9. The van der Waals surface area contributed by atoms with Crippen molar-refractivity contribution in [1.29, 1.82) is 0 Å². The van der Waals surface area contributed by atoms with E-state index in [1.165, 1.54) is 21.1 Å². The Morgan fingerprint density at radius 2 is 1.45 bits per heavy atom. The van der Waals surface area contributed by atoms with E-state index < -0.39 is 26.5 Å². The second kappa shape index (κ2) is 17.0. The summed E-state index contributed by atoms with van der Waals surface area (Å²) in [5.41, 5.74) is 12.0. The molecule has 0 aliphatic rings. The first kappa shape index (κ1) is 33.7. The summed E-state index contributed by atoms with van der Waals surface area (Å²) in [6.45, 7) is 5.85. The van der Waals surface area contributed by atoms with Crippen molar-refractivity contribution in [2.24, 2.45) is 5.92 Å². The zero-order valence-corrected chi connectivity index (χ0v) is 36.8. The van der Waals surface area contributed by atoms with Gasteiger partial charge in [0.1, 0.15) is 5.58 Å². The van der Waals surface area contributed by atoms with Gasteiger partial charge in [0.15, 0.2) is 0 Å².